The van der Waals surface area contributed by atoms with E-state index in [4.69, 9.17) is 0 Å². The van der Waals surface area contributed by atoms with Gasteiger partial charge in [0, 0.05) is 32.1 Å². The quantitative estimate of drug-likeness (QED) is 0.714. The Labute approximate surface area is 85.8 Å². The van der Waals surface area contributed by atoms with Gasteiger partial charge in [-0.3, -0.25) is 4.79 Å². The molecule has 1 aliphatic carbocycles. The van der Waals surface area contributed by atoms with Gasteiger partial charge >= 0.3 is 0 Å². The molecule has 1 atom stereocenters. The molecule has 2 rings (SSSR count). The Kier molecular flexibility index (Phi) is 3.06. The summed E-state index contributed by atoms with van der Waals surface area (Å²) in [5, 5.41) is 3.31. The Hall–Kier alpha value is -0.570. The van der Waals surface area contributed by atoms with Crippen LogP contribution in [0.5, 0.6) is 0 Å². The summed E-state index contributed by atoms with van der Waals surface area (Å²) in [5.74, 6) is 1.08. The second-order valence-corrected chi connectivity index (χ2v) is 4.64. The molecule has 1 N–H and O–H groups in total. The summed E-state index contributed by atoms with van der Waals surface area (Å²) in [5.41, 5.74) is 0. The lowest BCUT2D eigenvalue weighted by Gasteiger charge is -2.36. The third-order valence-corrected chi connectivity index (χ3v) is 3.51. The van der Waals surface area contributed by atoms with Crippen molar-refractivity contribution in [3.8, 4) is 0 Å². The Morgan fingerprint density at radius 1 is 1.50 bits per heavy atom. The minimum atomic E-state index is 0.378. The van der Waals surface area contributed by atoms with Gasteiger partial charge in [-0.25, -0.2) is 0 Å². The Balaban J connectivity index is 1.82. The molecule has 0 radical (unpaired) electrons. The maximum Gasteiger partial charge on any atom is 0.223 e. The summed E-state index contributed by atoms with van der Waals surface area (Å²) in [6, 6.07) is 0.385. The lowest BCUT2D eigenvalue weighted by Crippen LogP contribution is -2.52. The van der Waals surface area contributed by atoms with Crippen molar-refractivity contribution in [1.29, 1.82) is 0 Å². The van der Waals surface area contributed by atoms with Crippen LogP contribution in [0.2, 0.25) is 0 Å². The van der Waals surface area contributed by atoms with Crippen LogP contribution in [-0.4, -0.2) is 36.5 Å². The van der Waals surface area contributed by atoms with E-state index in [-0.39, 0.29) is 0 Å². The van der Waals surface area contributed by atoms with Crippen LogP contribution in [0.15, 0.2) is 0 Å². The standard InChI is InChI=1S/C11H20N2O/c1-9-8-12-5-6-13(9)11(14)7-10-3-2-4-10/h9-10,12H,2-8H2,1H3/t9-/m1/s1. The Morgan fingerprint density at radius 2 is 2.29 bits per heavy atom. The van der Waals surface area contributed by atoms with Crippen molar-refractivity contribution < 1.29 is 4.79 Å². The molecule has 1 saturated heterocycles. The molecule has 0 aromatic carbocycles. The molecule has 1 saturated carbocycles. The molecule has 80 valence electrons. The number of carbonyl (C=O) groups excluding carboxylic acids is 1. The fourth-order valence-corrected chi connectivity index (χ4v) is 2.27. The SMILES string of the molecule is C[C@@H]1CNCCN1C(=O)CC1CCC1. The van der Waals surface area contributed by atoms with Gasteiger partial charge in [0.25, 0.3) is 0 Å². The van der Waals surface area contributed by atoms with Crippen LogP contribution in [0.25, 0.3) is 0 Å². The molecule has 14 heavy (non-hydrogen) atoms. The molecule has 0 unspecified atom stereocenters. The molecule has 0 spiro atoms. The van der Waals surface area contributed by atoms with Crippen molar-refractivity contribution in [3.63, 3.8) is 0 Å². The molecular formula is C11H20N2O. The highest BCUT2D eigenvalue weighted by Gasteiger charge is 2.27. The number of hydrogen-bond acceptors (Lipinski definition) is 2. The number of nitrogens with one attached hydrogen (secondary N) is 1. The smallest absolute Gasteiger partial charge is 0.223 e. The van der Waals surface area contributed by atoms with E-state index in [1.807, 2.05) is 0 Å². The molecule has 3 nitrogen and oxygen atoms in total. The van der Waals surface area contributed by atoms with Gasteiger partial charge in [-0.05, 0) is 25.7 Å². The third-order valence-electron chi connectivity index (χ3n) is 3.51. The Bertz CT molecular complexity index is 213. The normalized spacial score (nSPS) is 28.6. The largest absolute Gasteiger partial charge is 0.337 e. The fraction of sp³-hybridized carbons (Fsp3) is 0.909. The summed E-state index contributed by atoms with van der Waals surface area (Å²) < 4.78 is 0. The van der Waals surface area contributed by atoms with Crippen molar-refractivity contribution in [2.75, 3.05) is 19.6 Å². The Morgan fingerprint density at radius 3 is 2.86 bits per heavy atom. The summed E-state index contributed by atoms with van der Waals surface area (Å²) in [4.78, 5) is 14.0. The number of carbonyl (C=O) groups is 1. The van der Waals surface area contributed by atoms with E-state index in [0.717, 1.165) is 26.1 Å². The predicted octanol–water partition coefficient (Wildman–Crippen LogP) is 0.997. The van der Waals surface area contributed by atoms with Gasteiger partial charge in [0.1, 0.15) is 0 Å². The highest BCUT2D eigenvalue weighted by molar-refractivity contribution is 5.77. The lowest BCUT2D eigenvalue weighted by atomic mass is 9.82. The van der Waals surface area contributed by atoms with Crippen LogP contribution in [0.1, 0.15) is 32.6 Å². The van der Waals surface area contributed by atoms with Gasteiger partial charge in [0.2, 0.25) is 5.91 Å². The minimum Gasteiger partial charge on any atom is -0.337 e. The van der Waals surface area contributed by atoms with Gasteiger partial charge < -0.3 is 10.2 Å². The molecule has 2 fully saturated rings. The first-order chi connectivity index (χ1) is 6.77. The number of piperazine rings is 1. The van der Waals surface area contributed by atoms with Crippen molar-refractivity contribution in [2.45, 2.75) is 38.6 Å². The molecular weight excluding hydrogens is 176 g/mol. The maximum absolute atomic E-state index is 11.9. The minimum absolute atomic E-state index is 0.378. The average Bonchev–Trinajstić information content (AvgIpc) is 2.12. The molecule has 0 bridgehead atoms. The van der Waals surface area contributed by atoms with E-state index in [9.17, 15) is 4.79 Å². The molecule has 1 amide bonds. The van der Waals surface area contributed by atoms with E-state index in [2.05, 4.69) is 17.1 Å². The first-order valence-electron chi connectivity index (χ1n) is 5.77. The molecule has 1 aliphatic heterocycles. The summed E-state index contributed by atoms with van der Waals surface area (Å²) in [6.45, 7) is 4.94. The number of nitrogens with zero attached hydrogens (tertiary/aromatic N) is 1. The number of amides is 1. The van der Waals surface area contributed by atoms with E-state index >= 15 is 0 Å². The van der Waals surface area contributed by atoms with Crippen molar-refractivity contribution >= 4 is 5.91 Å². The van der Waals surface area contributed by atoms with E-state index in [1.54, 1.807) is 0 Å². The maximum atomic E-state index is 11.9. The van der Waals surface area contributed by atoms with Crippen LogP contribution in [0, 0.1) is 5.92 Å². The van der Waals surface area contributed by atoms with E-state index in [1.165, 1.54) is 19.3 Å². The zero-order valence-electron chi connectivity index (χ0n) is 8.96. The number of hydrogen-bond donors (Lipinski definition) is 1. The molecule has 2 aliphatic rings. The van der Waals surface area contributed by atoms with Gasteiger partial charge in [-0.1, -0.05) is 6.42 Å². The fourth-order valence-electron chi connectivity index (χ4n) is 2.27. The van der Waals surface area contributed by atoms with Crippen LogP contribution < -0.4 is 5.32 Å². The third kappa shape index (κ3) is 2.08. The van der Waals surface area contributed by atoms with Gasteiger partial charge in [0.05, 0.1) is 0 Å². The molecule has 0 aromatic rings. The molecule has 0 aromatic heterocycles. The van der Waals surface area contributed by atoms with E-state index in [0.29, 0.717) is 17.9 Å². The van der Waals surface area contributed by atoms with Crippen LogP contribution in [-0.2, 0) is 4.79 Å². The first-order valence-corrected chi connectivity index (χ1v) is 5.77. The molecule has 1 heterocycles. The van der Waals surface area contributed by atoms with Crippen molar-refractivity contribution in [3.05, 3.63) is 0 Å². The summed E-state index contributed by atoms with van der Waals surface area (Å²) in [7, 11) is 0. The zero-order valence-corrected chi connectivity index (χ0v) is 8.96. The second kappa shape index (κ2) is 4.30. The van der Waals surface area contributed by atoms with Crippen molar-refractivity contribution in [1.82, 2.24) is 10.2 Å². The number of rotatable bonds is 2. The summed E-state index contributed by atoms with van der Waals surface area (Å²) in [6.07, 6.45) is 4.66. The van der Waals surface area contributed by atoms with Crippen LogP contribution in [0.3, 0.4) is 0 Å². The summed E-state index contributed by atoms with van der Waals surface area (Å²) >= 11 is 0. The topological polar surface area (TPSA) is 32.3 Å². The monoisotopic (exact) mass is 196 g/mol. The van der Waals surface area contributed by atoms with Gasteiger partial charge in [-0.2, -0.15) is 0 Å². The average molecular weight is 196 g/mol. The lowest BCUT2D eigenvalue weighted by molar-refractivity contribution is -0.135. The van der Waals surface area contributed by atoms with E-state index < -0.39 is 0 Å². The second-order valence-electron chi connectivity index (χ2n) is 4.64. The first kappa shape index (κ1) is 9.97. The zero-order chi connectivity index (χ0) is 9.97. The predicted molar refractivity (Wildman–Crippen MR) is 56.0 cm³/mol. The van der Waals surface area contributed by atoms with Crippen molar-refractivity contribution in [2.24, 2.45) is 5.92 Å². The highest BCUT2D eigenvalue weighted by Crippen LogP contribution is 2.30. The van der Waals surface area contributed by atoms with Crippen LogP contribution in [0.4, 0.5) is 0 Å². The molecule has 3 heteroatoms. The van der Waals surface area contributed by atoms with Crippen LogP contribution >= 0.6 is 0 Å². The van der Waals surface area contributed by atoms with Gasteiger partial charge in [-0.15, -0.1) is 0 Å². The van der Waals surface area contributed by atoms with Gasteiger partial charge in [0.15, 0.2) is 0 Å². The highest BCUT2D eigenvalue weighted by atomic mass is 16.2.